The van der Waals surface area contributed by atoms with E-state index >= 15 is 0 Å². The predicted molar refractivity (Wildman–Crippen MR) is 48.4 cm³/mol. The fourth-order valence-electron chi connectivity index (χ4n) is 1.24. The lowest BCUT2D eigenvalue weighted by atomic mass is 10.2. The SMILES string of the molecule is CC1COC(c2cccs2)CO1. The van der Waals surface area contributed by atoms with Gasteiger partial charge in [-0.05, 0) is 18.4 Å². The molecule has 1 saturated heterocycles. The van der Waals surface area contributed by atoms with Crippen LogP contribution in [0.15, 0.2) is 17.5 Å². The molecule has 0 saturated carbocycles. The molecule has 0 N–H and O–H groups in total. The molecular formula is C9H12O2S. The van der Waals surface area contributed by atoms with Crippen LogP contribution in [0.4, 0.5) is 0 Å². The Morgan fingerprint density at radius 3 is 2.92 bits per heavy atom. The Morgan fingerprint density at radius 1 is 1.42 bits per heavy atom. The number of thiophene rings is 1. The first-order valence-electron chi connectivity index (χ1n) is 4.13. The lowest BCUT2D eigenvalue weighted by Crippen LogP contribution is -2.28. The van der Waals surface area contributed by atoms with Crippen LogP contribution in [-0.2, 0) is 9.47 Å². The van der Waals surface area contributed by atoms with Gasteiger partial charge in [0, 0.05) is 4.88 Å². The van der Waals surface area contributed by atoms with E-state index in [2.05, 4.69) is 11.4 Å². The van der Waals surface area contributed by atoms with Gasteiger partial charge in [-0.3, -0.25) is 0 Å². The van der Waals surface area contributed by atoms with Gasteiger partial charge in [0.15, 0.2) is 0 Å². The molecule has 0 bridgehead atoms. The van der Waals surface area contributed by atoms with Crippen LogP contribution in [0, 0.1) is 0 Å². The minimum atomic E-state index is 0.168. The maximum absolute atomic E-state index is 5.62. The Morgan fingerprint density at radius 2 is 2.33 bits per heavy atom. The molecule has 2 heterocycles. The van der Waals surface area contributed by atoms with Crippen LogP contribution in [0.1, 0.15) is 17.9 Å². The first-order chi connectivity index (χ1) is 5.86. The van der Waals surface area contributed by atoms with E-state index < -0.39 is 0 Å². The summed E-state index contributed by atoms with van der Waals surface area (Å²) in [6.07, 6.45) is 0.419. The van der Waals surface area contributed by atoms with Crippen LogP contribution in [0.25, 0.3) is 0 Å². The maximum atomic E-state index is 5.62. The third kappa shape index (κ3) is 1.68. The van der Waals surface area contributed by atoms with Gasteiger partial charge in [0.05, 0.1) is 19.3 Å². The third-order valence-electron chi connectivity index (χ3n) is 1.92. The minimum absolute atomic E-state index is 0.168. The summed E-state index contributed by atoms with van der Waals surface area (Å²) in [5, 5.41) is 2.07. The summed E-state index contributed by atoms with van der Waals surface area (Å²) in [5.41, 5.74) is 0. The summed E-state index contributed by atoms with van der Waals surface area (Å²) in [4.78, 5) is 1.27. The van der Waals surface area contributed by atoms with E-state index in [0.29, 0.717) is 13.2 Å². The second-order valence-corrected chi connectivity index (χ2v) is 3.96. The van der Waals surface area contributed by atoms with E-state index in [1.54, 1.807) is 11.3 Å². The zero-order valence-corrected chi connectivity index (χ0v) is 7.84. The van der Waals surface area contributed by atoms with E-state index in [-0.39, 0.29) is 12.2 Å². The van der Waals surface area contributed by atoms with Crippen molar-refractivity contribution in [2.24, 2.45) is 0 Å². The lowest BCUT2D eigenvalue weighted by Gasteiger charge is -2.26. The van der Waals surface area contributed by atoms with Crippen molar-refractivity contribution in [3.63, 3.8) is 0 Å². The van der Waals surface area contributed by atoms with Gasteiger partial charge in [-0.25, -0.2) is 0 Å². The molecule has 0 radical (unpaired) electrons. The quantitative estimate of drug-likeness (QED) is 0.666. The summed E-state index contributed by atoms with van der Waals surface area (Å²) in [6.45, 7) is 3.44. The second-order valence-electron chi connectivity index (χ2n) is 2.98. The topological polar surface area (TPSA) is 18.5 Å². The monoisotopic (exact) mass is 184 g/mol. The fraction of sp³-hybridized carbons (Fsp3) is 0.556. The maximum Gasteiger partial charge on any atom is 0.115 e. The predicted octanol–water partition coefficient (Wildman–Crippen LogP) is 2.22. The van der Waals surface area contributed by atoms with Gasteiger partial charge in [-0.15, -0.1) is 11.3 Å². The van der Waals surface area contributed by atoms with Crippen LogP contribution in [0.2, 0.25) is 0 Å². The van der Waals surface area contributed by atoms with Crippen molar-refractivity contribution in [2.45, 2.75) is 19.1 Å². The molecule has 0 spiro atoms. The highest BCUT2D eigenvalue weighted by Crippen LogP contribution is 2.26. The van der Waals surface area contributed by atoms with Crippen LogP contribution >= 0.6 is 11.3 Å². The summed E-state index contributed by atoms with van der Waals surface area (Å²) in [7, 11) is 0. The molecule has 0 aliphatic carbocycles. The van der Waals surface area contributed by atoms with Crippen LogP contribution in [-0.4, -0.2) is 19.3 Å². The number of ether oxygens (including phenoxy) is 2. The molecular weight excluding hydrogens is 172 g/mol. The van der Waals surface area contributed by atoms with Gasteiger partial charge < -0.3 is 9.47 Å². The van der Waals surface area contributed by atoms with Gasteiger partial charge >= 0.3 is 0 Å². The number of hydrogen-bond acceptors (Lipinski definition) is 3. The van der Waals surface area contributed by atoms with Crippen molar-refractivity contribution in [3.05, 3.63) is 22.4 Å². The van der Waals surface area contributed by atoms with E-state index in [1.807, 2.05) is 13.0 Å². The summed E-state index contributed by atoms with van der Waals surface area (Å²) in [5.74, 6) is 0. The molecule has 3 heteroatoms. The smallest absolute Gasteiger partial charge is 0.115 e. The summed E-state index contributed by atoms with van der Waals surface area (Å²) < 4.78 is 11.1. The summed E-state index contributed by atoms with van der Waals surface area (Å²) in [6, 6.07) is 4.13. The van der Waals surface area contributed by atoms with Crippen LogP contribution < -0.4 is 0 Å². The summed E-state index contributed by atoms with van der Waals surface area (Å²) >= 11 is 1.73. The van der Waals surface area contributed by atoms with Crippen LogP contribution in [0.3, 0.4) is 0 Å². The Bertz CT molecular complexity index is 225. The molecule has 2 atom stereocenters. The van der Waals surface area contributed by atoms with Gasteiger partial charge in [0.2, 0.25) is 0 Å². The van der Waals surface area contributed by atoms with Crippen molar-refractivity contribution in [2.75, 3.05) is 13.2 Å². The van der Waals surface area contributed by atoms with Crippen LogP contribution in [0.5, 0.6) is 0 Å². The minimum Gasteiger partial charge on any atom is -0.373 e. The van der Waals surface area contributed by atoms with Crippen molar-refractivity contribution < 1.29 is 9.47 Å². The number of rotatable bonds is 1. The van der Waals surface area contributed by atoms with Gasteiger partial charge in [0.25, 0.3) is 0 Å². The molecule has 1 aromatic rings. The van der Waals surface area contributed by atoms with E-state index in [4.69, 9.17) is 9.47 Å². The van der Waals surface area contributed by atoms with E-state index in [0.717, 1.165) is 0 Å². The third-order valence-corrected chi connectivity index (χ3v) is 2.89. The molecule has 1 aliphatic rings. The van der Waals surface area contributed by atoms with Gasteiger partial charge in [0.1, 0.15) is 6.10 Å². The largest absolute Gasteiger partial charge is 0.373 e. The highest BCUT2D eigenvalue weighted by Gasteiger charge is 2.20. The Balaban J connectivity index is 1.99. The molecule has 66 valence electrons. The molecule has 12 heavy (non-hydrogen) atoms. The standard InChI is InChI=1S/C9H12O2S/c1-7-5-11-8(6-10-7)9-3-2-4-12-9/h2-4,7-8H,5-6H2,1H3. The molecule has 0 aromatic carbocycles. The molecule has 2 unspecified atom stereocenters. The van der Waals surface area contributed by atoms with Crippen molar-refractivity contribution >= 4 is 11.3 Å². The molecule has 1 aliphatic heterocycles. The Labute approximate surface area is 76.1 Å². The normalized spacial score (nSPS) is 30.4. The fourth-order valence-corrected chi connectivity index (χ4v) is 2.00. The van der Waals surface area contributed by atoms with Crippen molar-refractivity contribution in [3.8, 4) is 0 Å². The number of hydrogen-bond donors (Lipinski definition) is 0. The molecule has 2 nitrogen and oxygen atoms in total. The molecule has 1 aromatic heterocycles. The van der Waals surface area contributed by atoms with Gasteiger partial charge in [-0.1, -0.05) is 6.07 Å². The molecule has 0 amide bonds. The second kappa shape index (κ2) is 3.56. The zero-order chi connectivity index (χ0) is 8.39. The Hall–Kier alpha value is -0.380. The van der Waals surface area contributed by atoms with Gasteiger partial charge in [-0.2, -0.15) is 0 Å². The molecule has 2 rings (SSSR count). The zero-order valence-electron chi connectivity index (χ0n) is 7.03. The first kappa shape index (κ1) is 8.23. The van der Waals surface area contributed by atoms with E-state index in [9.17, 15) is 0 Å². The highest BCUT2D eigenvalue weighted by atomic mass is 32.1. The highest BCUT2D eigenvalue weighted by molar-refractivity contribution is 7.10. The average Bonchev–Trinajstić information content (AvgIpc) is 2.58. The van der Waals surface area contributed by atoms with Crippen molar-refractivity contribution in [1.82, 2.24) is 0 Å². The van der Waals surface area contributed by atoms with E-state index in [1.165, 1.54) is 4.88 Å². The Kier molecular flexibility index (Phi) is 2.44. The molecule has 1 fully saturated rings. The van der Waals surface area contributed by atoms with Crippen molar-refractivity contribution in [1.29, 1.82) is 0 Å². The average molecular weight is 184 g/mol. The first-order valence-corrected chi connectivity index (χ1v) is 5.01. The lowest BCUT2D eigenvalue weighted by molar-refractivity contribution is -0.127.